The normalized spacial score (nSPS) is 12.3. The van der Waals surface area contributed by atoms with Gasteiger partial charge in [-0.1, -0.05) is 29.8 Å². The second kappa shape index (κ2) is 6.65. The van der Waals surface area contributed by atoms with E-state index in [0.29, 0.717) is 10.9 Å². The molecule has 1 aromatic rings. The molecule has 0 radical (unpaired) electrons. The van der Waals surface area contributed by atoms with Gasteiger partial charge in [0.05, 0.1) is 0 Å². The number of rotatable bonds is 5. The lowest BCUT2D eigenvalue weighted by Crippen LogP contribution is -2.41. The number of nitrogens with one attached hydrogen (secondary N) is 1. The molecule has 1 atom stereocenters. The van der Waals surface area contributed by atoms with Crippen molar-refractivity contribution < 1.29 is 19.1 Å². The number of halogens is 2. The van der Waals surface area contributed by atoms with Gasteiger partial charge in [-0.05, 0) is 30.5 Å². The Bertz CT molecular complexity index is 471. The number of aliphatic carboxylic acids is 1. The zero-order valence-corrected chi connectivity index (χ0v) is 12.2. The molecule has 104 valence electrons. The fourth-order valence-corrected chi connectivity index (χ4v) is 2.08. The maximum atomic E-state index is 13.2. The molecule has 0 bridgehead atoms. The SMILES string of the molecule is CC(C)C[C@H](NC(=O)c1cc(F)cc(Br)c1)C(=O)O. The van der Waals surface area contributed by atoms with Crippen LogP contribution < -0.4 is 5.32 Å². The van der Waals surface area contributed by atoms with Crippen LogP contribution in [-0.2, 0) is 4.79 Å². The van der Waals surface area contributed by atoms with Crippen molar-refractivity contribution in [2.75, 3.05) is 0 Å². The lowest BCUT2D eigenvalue weighted by atomic mass is 10.0. The van der Waals surface area contributed by atoms with Crippen LogP contribution in [-0.4, -0.2) is 23.0 Å². The number of benzene rings is 1. The van der Waals surface area contributed by atoms with Gasteiger partial charge in [0.15, 0.2) is 0 Å². The second-order valence-electron chi connectivity index (χ2n) is 4.65. The Kier molecular flexibility index (Phi) is 5.47. The number of carboxylic acids is 1. The van der Waals surface area contributed by atoms with Crippen molar-refractivity contribution in [3.63, 3.8) is 0 Å². The third kappa shape index (κ3) is 4.98. The zero-order chi connectivity index (χ0) is 14.6. The summed E-state index contributed by atoms with van der Waals surface area (Å²) < 4.78 is 13.6. The molecule has 2 N–H and O–H groups in total. The summed E-state index contributed by atoms with van der Waals surface area (Å²) in [5.41, 5.74) is 0.0851. The monoisotopic (exact) mass is 331 g/mol. The van der Waals surface area contributed by atoms with E-state index < -0.39 is 23.7 Å². The minimum atomic E-state index is -1.10. The zero-order valence-electron chi connectivity index (χ0n) is 10.6. The maximum Gasteiger partial charge on any atom is 0.326 e. The Morgan fingerprint density at radius 1 is 1.37 bits per heavy atom. The van der Waals surface area contributed by atoms with Crippen molar-refractivity contribution in [1.82, 2.24) is 5.32 Å². The van der Waals surface area contributed by atoms with Gasteiger partial charge in [-0.2, -0.15) is 0 Å². The minimum Gasteiger partial charge on any atom is -0.480 e. The van der Waals surface area contributed by atoms with Gasteiger partial charge in [-0.3, -0.25) is 4.79 Å². The third-order valence-corrected chi connectivity index (χ3v) is 2.89. The first kappa shape index (κ1) is 15.6. The van der Waals surface area contributed by atoms with Gasteiger partial charge in [0.1, 0.15) is 11.9 Å². The fourth-order valence-electron chi connectivity index (χ4n) is 1.62. The molecule has 0 fully saturated rings. The van der Waals surface area contributed by atoms with Crippen molar-refractivity contribution in [3.05, 3.63) is 34.1 Å². The molecule has 0 unspecified atom stereocenters. The Morgan fingerprint density at radius 2 is 2.00 bits per heavy atom. The summed E-state index contributed by atoms with van der Waals surface area (Å²) in [4.78, 5) is 22.9. The molecule has 0 aliphatic carbocycles. The van der Waals surface area contributed by atoms with Gasteiger partial charge < -0.3 is 10.4 Å². The summed E-state index contributed by atoms with van der Waals surface area (Å²) in [5, 5.41) is 11.4. The van der Waals surface area contributed by atoms with Crippen LogP contribution in [0.1, 0.15) is 30.6 Å². The van der Waals surface area contributed by atoms with Gasteiger partial charge >= 0.3 is 5.97 Å². The summed E-state index contributed by atoms with van der Waals surface area (Å²) in [6.45, 7) is 3.72. The predicted molar refractivity (Wildman–Crippen MR) is 72.4 cm³/mol. The molecule has 0 saturated carbocycles. The van der Waals surface area contributed by atoms with E-state index in [0.717, 1.165) is 6.07 Å². The molecule has 6 heteroatoms. The van der Waals surface area contributed by atoms with E-state index >= 15 is 0 Å². The molecule has 0 aliphatic heterocycles. The Labute approximate surface area is 119 Å². The maximum absolute atomic E-state index is 13.2. The van der Waals surface area contributed by atoms with Crippen molar-refractivity contribution in [2.45, 2.75) is 26.3 Å². The molecule has 0 aromatic heterocycles. The summed E-state index contributed by atoms with van der Waals surface area (Å²) in [6.07, 6.45) is 0.317. The summed E-state index contributed by atoms with van der Waals surface area (Å²) >= 11 is 3.08. The molecule has 1 amide bonds. The predicted octanol–water partition coefficient (Wildman–Crippen LogP) is 2.82. The molecule has 1 rings (SSSR count). The number of hydrogen-bond acceptors (Lipinski definition) is 2. The molecule has 0 saturated heterocycles. The molecular weight excluding hydrogens is 317 g/mol. The molecule has 0 aliphatic rings. The first-order chi connectivity index (χ1) is 8.79. The van der Waals surface area contributed by atoms with Crippen LogP contribution in [0.3, 0.4) is 0 Å². The average molecular weight is 332 g/mol. The van der Waals surface area contributed by atoms with Crippen LogP contribution in [0.4, 0.5) is 4.39 Å². The Balaban J connectivity index is 2.84. The average Bonchev–Trinajstić information content (AvgIpc) is 2.25. The molecule has 4 nitrogen and oxygen atoms in total. The van der Waals surface area contributed by atoms with Crippen molar-refractivity contribution in [1.29, 1.82) is 0 Å². The van der Waals surface area contributed by atoms with Crippen LogP contribution in [0.2, 0.25) is 0 Å². The summed E-state index contributed by atoms with van der Waals surface area (Å²) in [5.74, 6) is -2.14. The van der Waals surface area contributed by atoms with Crippen LogP contribution in [0.5, 0.6) is 0 Å². The van der Waals surface area contributed by atoms with E-state index in [9.17, 15) is 14.0 Å². The van der Waals surface area contributed by atoms with Crippen LogP contribution in [0.15, 0.2) is 22.7 Å². The number of carbonyl (C=O) groups is 2. The van der Waals surface area contributed by atoms with Gasteiger partial charge in [-0.25, -0.2) is 9.18 Å². The summed E-state index contributed by atoms with van der Waals surface area (Å²) in [7, 11) is 0. The smallest absolute Gasteiger partial charge is 0.326 e. The van der Waals surface area contributed by atoms with E-state index in [1.54, 1.807) is 0 Å². The highest BCUT2D eigenvalue weighted by Crippen LogP contribution is 2.15. The number of hydrogen-bond donors (Lipinski definition) is 2. The van der Waals surface area contributed by atoms with Crippen LogP contribution >= 0.6 is 15.9 Å². The topological polar surface area (TPSA) is 66.4 Å². The van der Waals surface area contributed by atoms with Crippen molar-refractivity contribution >= 4 is 27.8 Å². The first-order valence-corrected chi connectivity index (χ1v) is 6.58. The number of carboxylic acid groups (broad SMARTS) is 1. The van der Waals surface area contributed by atoms with E-state index in [4.69, 9.17) is 5.11 Å². The van der Waals surface area contributed by atoms with E-state index in [2.05, 4.69) is 21.2 Å². The molecular formula is C13H15BrFNO3. The highest BCUT2D eigenvalue weighted by atomic mass is 79.9. The minimum absolute atomic E-state index is 0.0851. The van der Waals surface area contributed by atoms with Gasteiger partial charge in [0.25, 0.3) is 5.91 Å². The van der Waals surface area contributed by atoms with E-state index in [1.165, 1.54) is 12.1 Å². The van der Waals surface area contributed by atoms with Gasteiger partial charge in [-0.15, -0.1) is 0 Å². The van der Waals surface area contributed by atoms with Crippen LogP contribution in [0.25, 0.3) is 0 Å². The lowest BCUT2D eigenvalue weighted by molar-refractivity contribution is -0.139. The largest absolute Gasteiger partial charge is 0.480 e. The second-order valence-corrected chi connectivity index (χ2v) is 5.57. The molecule has 0 spiro atoms. The first-order valence-electron chi connectivity index (χ1n) is 5.79. The molecule has 19 heavy (non-hydrogen) atoms. The van der Waals surface area contributed by atoms with Crippen LogP contribution in [0, 0.1) is 11.7 Å². The number of amides is 1. The number of carbonyl (C=O) groups excluding carboxylic acids is 1. The highest BCUT2D eigenvalue weighted by Gasteiger charge is 2.22. The quantitative estimate of drug-likeness (QED) is 0.871. The van der Waals surface area contributed by atoms with E-state index in [1.807, 2.05) is 13.8 Å². The Morgan fingerprint density at radius 3 is 2.47 bits per heavy atom. The van der Waals surface area contributed by atoms with Gasteiger partial charge in [0.2, 0.25) is 0 Å². The summed E-state index contributed by atoms with van der Waals surface area (Å²) in [6, 6.07) is 2.75. The van der Waals surface area contributed by atoms with Crippen molar-refractivity contribution in [3.8, 4) is 0 Å². The Hall–Kier alpha value is -1.43. The fraction of sp³-hybridized carbons (Fsp3) is 0.385. The molecule has 0 heterocycles. The van der Waals surface area contributed by atoms with Crippen molar-refractivity contribution in [2.24, 2.45) is 5.92 Å². The standard InChI is InChI=1S/C13H15BrFNO3/c1-7(2)3-11(13(18)19)16-12(17)8-4-9(14)6-10(15)5-8/h4-7,11H,3H2,1-2H3,(H,16,17)(H,18,19)/t11-/m0/s1. The third-order valence-electron chi connectivity index (χ3n) is 2.44. The molecule has 1 aromatic carbocycles. The lowest BCUT2D eigenvalue weighted by Gasteiger charge is -2.16. The van der Waals surface area contributed by atoms with E-state index in [-0.39, 0.29) is 11.5 Å². The van der Waals surface area contributed by atoms with Gasteiger partial charge in [0, 0.05) is 10.0 Å². The highest BCUT2D eigenvalue weighted by molar-refractivity contribution is 9.10.